The minimum Gasteiger partial charge on any atom is -0.480 e. The van der Waals surface area contributed by atoms with Crippen LogP contribution in [-0.4, -0.2) is 57.0 Å². The van der Waals surface area contributed by atoms with Gasteiger partial charge in [-0.1, -0.05) is 6.92 Å². The molecular weight excluding hydrogens is 329 g/mol. The molecule has 0 aromatic heterocycles. The van der Waals surface area contributed by atoms with Gasteiger partial charge in [0.2, 0.25) is 17.7 Å². The molecule has 23 heavy (non-hydrogen) atoms. The minimum atomic E-state index is -5.08. The molecule has 3 amide bonds. The molecule has 4 N–H and O–H groups in total. The molecule has 0 radical (unpaired) electrons. The zero-order valence-electron chi connectivity index (χ0n) is 11.7. The van der Waals surface area contributed by atoms with Crippen molar-refractivity contribution in [2.75, 3.05) is 0 Å². The molecule has 1 fully saturated rings. The van der Waals surface area contributed by atoms with E-state index in [0.29, 0.717) is 4.90 Å². The van der Waals surface area contributed by atoms with Gasteiger partial charge in [-0.3, -0.25) is 19.3 Å². The minimum absolute atomic E-state index is 0.0197. The number of nitrogens with zero attached hydrogens (tertiary/aromatic N) is 1. The molecule has 1 aliphatic heterocycles. The van der Waals surface area contributed by atoms with Crippen molar-refractivity contribution >= 4 is 29.7 Å². The molecule has 0 bridgehead atoms. The van der Waals surface area contributed by atoms with E-state index < -0.39 is 47.8 Å². The van der Waals surface area contributed by atoms with Gasteiger partial charge in [0.05, 0.1) is 5.92 Å². The first kappa shape index (κ1) is 20.3. The standard InChI is InChI=1S/C9H12N2O5.C2HF3O2/c1-4(8(10)14)7(9(15)16)11-5(12)2-3-6(11)13;3-2(4,5)1(6)7/h4,7H,2-3H2,1H3,(H2,10,14)(H,15,16);(H,6,7)/t4?,7-;/m0./s1. The number of carbonyl (C=O) groups is 5. The number of carboxylic acids is 2. The Bertz CT molecular complexity index is 516. The van der Waals surface area contributed by atoms with Gasteiger partial charge in [0.15, 0.2) is 0 Å². The maximum absolute atomic E-state index is 11.3. The number of nitrogens with two attached hydrogens (primary N) is 1. The summed E-state index contributed by atoms with van der Waals surface area (Å²) < 4.78 is 31.7. The summed E-state index contributed by atoms with van der Waals surface area (Å²) >= 11 is 0. The number of rotatable bonds is 4. The third-order valence-corrected chi connectivity index (χ3v) is 2.79. The maximum Gasteiger partial charge on any atom is 0.490 e. The van der Waals surface area contributed by atoms with Gasteiger partial charge in [-0.2, -0.15) is 13.2 Å². The van der Waals surface area contributed by atoms with E-state index in [1.165, 1.54) is 6.92 Å². The fourth-order valence-electron chi connectivity index (χ4n) is 1.61. The van der Waals surface area contributed by atoms with Crippen LogP contribution in [0.25, 0.3) is 0 Å². The molecule has 9 nitrogen and oxygen atoms in total. The molecule has 0 aliphatic carbocycles. The second kappa shape index (κ2) is 7.56. The summed E-state index contributed by atoms with van der Waals surface area (Å²) in [6.07, 6.45) is -5.12. The third-order valence-electron chi connectivity index (χ3n) is 2.79. The predicted molar refractivity (Wildman–Crippen MR) is 64.6 cm³/mol. The topological polar surface area (TPSA) is 155 Å². The van der Waals surface area contributed by atoms with E-state index in [2.05, 4.69) is 0 Å². The van der Waals surface area contributed by atoms with Crippen LogP contribution in [-0.2, 0) is 24.0 Å². The molecule has 130 valence electrons. The fourth-order valence-corrected chi connectivity index (χ4v) is 1.61. The summed E-state index contributed by atoms with van der Waals surface area (Å²) in [5, 5.41) is 16.1. The van der Waals surface area contributed by atoms with Crippen molar-refractivity contribution in [3.05, 3.63) is 0 Å². The molecule has 12 heteroatoms. The number of carboxylic acid groups (broad SMARTS) is 2. The van der Waals surface area contributed by atoms with Gasteiger partial charge in [0.1, 0.15) is 6.04 Å². The average Bonchev–Trinajstić information content (AvgIpc) is 2.70. The molecule has 1 rings (SSSR count). The van der Waals surface area contributed by atoms with E-state index in [9.17, 15) is 32.3 Å². The number of carbonyl (C=O) groups excluding carboxylic acids is 3. The number of halogens is 3. The Hall–Kier alpha value is -2.66. The van der Waals surface area contributed by atoms with Crippen molar-refractivity contribution in [3.8, 4) is 0 Å². The molecule has 1 heterocycles. The monoisotopic (exact) mass is 342 g/mol. The first-order chi connectivity index (χ1) is 10.3. The highest BCUT2D eigenvalue weighted by Gasteiger charge is 2.43. The second-order valence-corrected chi connectivity index (χ2v) is 4.43. The molecule has 1 saturated heterocycles. The summed E-state index contributed by atoms with van der Waals surface area (Å²) in [6, 6.07) is -1.50. The Balaban J connectivity index is 0.000000585. The van der Waals surface area contributed by atoms with Crippen LogP contribution in [0.3, 0.4) is 0 Å². The van der Waals surface area contributed by atoms with Crippen LogP contribution in [0.1, 0.15) is 19.8 Å². The highest BCUT2D eigenvalue weighted by atomic mass is 19.4. The van der Waals surface area contributed by atoms with Crippen LogP contribution in [0, 0.1) is 5.92 Å². The van der Waals surface area contributed by atoms with E-state index in [1.807, 2.05) is 0 Å². The highest BCUT2D eigenvalue weighted by molar-refractivity contribution is 6.05. The van der Waals surface area contributed by atoms with Gasteiger partial charge in [-0.05, 0) is 0 Å². The van der Waals surface area contributed by atoms with Crippen molar-refractivity contribution < 1.29 is 47.4 Å². The zero-order valence-corrected chi connectivity index (χ0v) is 11.7. The number of hydrogen-bond donors (Lipinski definition) is 3. The van der Waals surface area contributed by atoms with E-state index in [-0.39, 0.29) is 12.8 Å². The van der Waals surface area contributed by atoms with Gasteiger partial charge in [0, 0.05) is 12.8 Å². The van der Waals surface area contributed by atoms with Crippen molar-refractivity contribution in [3.63, 3.8) is 0 Å². The summed E-state index contributed by atoms with van der Waals surface area (Å²) in [4.78, 5) is 54.1. The highest BCUT2D eigenvalue weighted by Crippen LogP contribution is 2.20. The Kier molecular flexibility index (Phi) is 6.68. The lowest BCUT2D eigenvalue weighted by atomic mass is 10.00. The average molecular weight is 342 g/mol. The first-order valence-electron chi connectivity index (χ1n) is 5.97. The molecule has 1 aliphatic rings. The summed E-state index contributed by atoms with van der Waals surface area (Å²) in [6.45, 7) is 1.28. The lowest BCUT2D eigenvalue weighted by Crippen LogP contribution is -2.51. The maximum atomic E-state index is 11.3. The molecule has 2 atom stereocenters. The fraction of sp³-hybridized carbons (Fsp3) is 0.545. The quantitative estimate of drug-likeness (QED) is 0.573. The van der Waals surface area contributed by atoms with Crippen LogP contribution >= 0.6 is 0 Å². The van der Waals surface area contributed by atoms with Gasteiger partial charge in [-0.25, -0.2) is 9.59 Å². The van der Waals surface area contributed by atoms with E-state index in [4.69, 9.17) is 20.7 Å². The van der Waals surface area contributed by atoms with Gasteiger partial charge in [0.25, 0.3) is 0 Å². The zero-order chi connectivity index (χ0) is 18.5. The Morgan fingerprint density at radius 2 is 1.48 bits per heavy atom. The first-order valence-corrected chi connectivity index (χ1v) is 5.97. The Morgan fingerprint density at radius 3 is 1.70 bits per heavy atom. The number of alkyl halides is 3. The summed E-state index contributed by atoms with van der Waals surface area (Å²) in [7, 11) is 0. The van der Waals surface area contributed by atoms with Crippen LogP contribution in [0.2, 0.25) is 0 Å². The van der Waals surface area contributed by atoms with E-state index in [1.54, 1.807) is 0 Å². The van der Waals surface area contributed by atoms with Crippen molar-refractivity contribution in [2.45, 2.75) is 32.0 Å². The Morgan fingerprint density at radius 1 is 1.13 bits per heavy atom. The number of imide groups is 1. The summed E-state index contributed by atoms with van der Waals surface area (Å²) in [5.74, 6) is -7.29. The molecule has 0 saturated carbocycles. The number of likely N-dealkylation sites (tertiary alicyclic amines) is 1. The van der Waals surface area contributed by atoms with Crippen LogP contribution < -0.4 is 5.73 Å². The van der Waals surface area contributed by atoms with Crippen molar-refractivity contribution in [1.29, 1.82) is 0 Å². The largest absolute Gasteiger partial charge is 0.490 e. The number of amides is 3. The van der Waals surface area contributed by atoms with Gasteiger partial charge in [-0.15, -0.1) is 0 Å². The third kappa shape index (κ3) is 5.56. The Labute approximate surface area is 126 Å². The van der Waals surface area contributed by atoms with Crippen molar-refractivity contribution in [1.82, 2.24) is 4.90 Å². The van der Waals surface area contributed by atoms with Gasteiger partial charge >= 0.3 is 18.1 Å². The van der Waals surface area contributed by atoms with Crippen LogP contribution in [0.4, 0.5) is 13.2 Å². The molecular formula is C11H13F3N2O7. The smallest absolute Gasteiger partial charge is 0.480 e. The van der Waals surface area contributed by atoms with Crippen LogP contribution in [0.15, 0.2) is 0 Å². The molecule has 0 aromatic rings. The number of primary amides is 1. The molecule has 1 unspecified atom stereocenters. The number of hydrogen-bond acceptors (Lipinski definition) is 5. The van der Waals surface area contributed by atoms with E-state index >= 15 is 0 Å². The normalized spacial score (nSPS) is 17.1. The van der Waals surface area contributed by atoms with E-state index in [0.717, 1.165) is 0 Å². The number of aliphatic carboxylic acids is 2. The van der Waals surface area contributed by atoms with Crippen LogP contribution in [0.5, 0.6) is 0 Å². The van der Waals surface area contributed by atoms with Crippen molar-refractivity contribution in [2.24, 2.45) is 11.7 Å². The lowest BCUT2D eigenvalue weighted by molar-refractivity contribution is -0.192. The second-order valence-electron chi connectivity index (χ2n) is 4.43. The predicted octanol–water partition coefficient (Wildman–Crippen LogP) is -0.657. The SMILES string of the molecule is CC(C(N)=O)[C@@H](C(=O)O)N1C(=O)CCC1=O.O=C(O)C(F)(F)F. The molecule has 0 spiro atoms. The molecule has 0 aromatic carbocycles. The summed E-state index contributed by atoms with van der Waals surface area (Å²) in [5.41, 5.74) is 4.98. The van der Waals surface area contributed by atoms with Gasteiger partial charge < -0.3 is 15.9 Å². The lowest BCUT2D eigenvalue weighted by Gasteiger charge is -2.25.